The zero-order valence-corrected chi connectivity index (χ0v) is 13.2. The molecule has 0 saturated heterocycles. The molecule has 2 rings (SSSR count). The molecule has 0 spiro atoms. The molecule has 1 N–H and O–H groups in total. The smallest absolute Gasteiger partial charge is 0.251 e. The Morgan fingerprint density at radius 1 is 1.22 bits per heavy atom. The highest BCUT2D eigenvalue weighted by Crippen LogP contribution is 2.23. The number of methoxy groups -OCH3 is 2. The molecule has 1 amide bonds. The Morgan fingerprint density at radius 2 is 1.91 bits per heavy atom. The highest BCUT2D eigenvalue weighted by atomic mass is 19.1. The third kappa shape index (κ3) is 4.26. The minimum Gasteiger partial charge on any atom is -0.497 e. The fourth-order valence-corrected chi connectivity index (χ4v) is 2.33. The first-order chi connectivity index (χ1) is 11.0. The second kappa shape index (κ2) is 7.69. The molecule has 1 aromatic carbocycles. The number of hydrogen-bond acceptors (Lipinski definition) is 4. The Kier molecular flexibility index (Phi) is 5.65. The molecule has 1 aromatic heterocycles. The van der Waals surface area contributed by atoms with Gasteiger partial charge in [-0.25, -0.2) is 4.98 Å². The molecule has 0 radical (unpaired) electrons. The van der Waals surface area contributed by atoms with Crippen molar-refractivity contribution in [3.8, 4) is 5.75 Å². The van der Waals surface area contributed by atoms with Gasteiger partial charge in [-0.05, 0) is 30.7 Å². The standard InChI is InChI=1S/C17H19FN2O3/c1-11(20-17(21)13-8-9-19-15(18)10-13)16(23-3)12-4-6-14(22-2)7-5-12/h4-11,16H,1-3H3,(H,20,21)/t11-,16+/m0/s1. The number of halogens is 1. The molecule has 2 aromatic rings. The van der Waals surface area contributed by atoms with E-state index in [-0.39, 0.29) is 23.6 Å². The summed E-state index contributed by atoms with van der Waals surface area (Å²) in [4.78, 5) is 15.6. The van der Waals surface area contributed by atoms with Crippen molar-refractivity contribution in [3.05, 3.63) is 59.7 Å². The summed E-state index contributed by atoms with van der Waals surface area (Å²) in [6.07, 6.45) is 0.920. The number of pyridine rings is 1. The predicted molar refractivity (Wildman–Crippen MR) is 83.9 cm³/mol. The lowest BCUT2D eigenvalue weighted by atomic mass is 10.0. The van der Waals surface area contributed by atoms with Crippen molar-refractivity contribution in [2.45, 2.75) is 19.1 Å². The van der Waals surface area contributed by atoms with Crippen molar-refractivity contribution in [2.24, 2.45) is 0 Å². The first kappa shape index (κ1) is 16.9. The fraction of sp³-hybridized carbons (Fsp3) is 0.294. The number of benzene rings is 1. The first-order valence-corrected chi connectivity index (χ1v) is 7.14. The highest BCUT2D eigenvalue weighted by molar-refractivity contribution is 5.94. The highest BCUT2D eigenvalue weighted by Gasteiger charge is 2.21. The van der Waals surface area contributed by atoms with Gasteiger partial charge in [-0.15, -0.1) is 0 Å². The maximum atomic E-state index is 13.1. The number of carbonyl (C=O) groups is 1. The van der Waals surface area contributed by atoms with Crippen LogP contribution in [-0.4, -0.2) is 31.2 Å². The van der Waals surface area contributed by atoms with E-state index < -0.39 is 5.95 Å². The molecule has 23 heavy (non-hydrogen) atoms. The van der Waals surface area contributed by atoms with Crippen LogP contribution >= 0.6 is 0 Å². The number of rotatable bonds is 6. The maximum absolute atomic E-state index is 13.1. The summed E-state index contributed by atoms with van der Waals surface area (Å²) in [6.45, 7) is 1.83. The van der Waals surface area contributed by atoms with Gasteiger partial charge in [0.05, 0.1) is 13.2 Å². The second-order valence-corrected chi connectivity index (χ2v) is 5.06. The zero-order chi connectivity index (χ0) is 16.8. The van der Waals surface area contributed by atoms with Crippen LogP contribution in [0.25, 0.3) is 0 Å². The monoisotopic (exact) mass is 318 g/mol. The van der Waals surface area contributed by atoms with Crippen LogP contribution in [0, 0.1) is 5.95 Å². The molecular formula is C17H19FN2O3. The van der Waals surface area contributed by atoms with Crippen LogP contribution < -0.4 is 10.1 Å². The van der Waals surface area contributed by atoms with Crippen LogP contribution in [0.1, 0.15) is 28.9 Å². The van der Waals surface area contributed by atoms with Gasteiger partial charge in [-0.3, -0.25) is 4.79 Å². The third-order valence-electron chi connectivity index (χ3n) is 3.50. The van der Waals surface area contributed by atoms with Gasteiger partial charge in [0.2, 0.25) is 5.95 Å². The Balaban J connectivity index is 2.09. The molecular weight excluding hydrogens is 299 g/mol. The van der Waals surface area contributed by atoms with E-state index in [1.54, 1.807) is 14.2 Å². The average molecular weight is 318 g/mol. The van der Waals surface area contributed by atoms with Crippen molar-refractivity contribution in [1.82, 2.24) is 10.3 Å². The Morgan fingerprint density at radius 3 is 2.48 bits per heavy atom. The molecule has 0 unspecified atom stereocenters. The Labute approximate surface area is 134 Å². The third-order valence-corrected chi connectivity index (χ3v) is 3.50. The first-order valence-electron chi connectivity index (χ1n) is 7.14. The van der Waals surface area contributed by atoms with Gasteiger partial charge in [0.15, 0.2) is 0 Å². The maximum Gasteiger partial charge on any atom is 0.251 e. The molecule has 0 fully saturated rings. The molecule has 0 aliphatic heterocycles. The van der Waals surface area contributed by atoms with Crippen LogP contribution in [0.2, 0.25) is 0 Å². The van der Waals surface area contributed by atoms with Gasteiger partial charge in [-0.1, -0.05) is 12.1 Å². The van der Waals surface area contributed by atoms with E-state index in [2.05, 4.69) is 10.3 Å². The summed E-state index contributed by atoms with van der Waals surface area (Å²) >= 11 is 0. The molecule has 5 nitrogen and oxygen atoms in total. The molecule has 1 heterocycles. The number of nitrogens with one attached hydrogen (secondary N) is 1. The van der Waals surface area contributed by atoms with Crippen molar-refractivity contribution >= 4 is 5.91 Å². The molecule has 0 aliphatic carbocycles. The molecule has 0 saturated carbocycles. The van der Waals surface area contributed by atoms with Gasteiger partial charge in [-0.2, -0.15) is 4.39 Å². The number of nitrogens with zero attached hydrogens (tertiary/aromatic N) is 1. The number of aromatic nitrogens is 1. The summed E-state index contributed by atoms with van der Waals surface area (Å²) in [6, 6.07) is 9.65. The van der Waals surface area contributed by atoms with E-state index in [0.717, 1.165) is 17.4 Å². The summed E-state index contributed by atoms with van der Waals surface area (Å²) < 4.78 is 23.7. The van der Waals surface area contributed by atoms with Crippen LogP contribution in [0.5, 0.6) is 5.75 Å². The van der Waals surface area contributed by atoms with Crippen molar-refractivity contribution < 1.29 is 18.7 Å². The van der Waals surface area contributed by atoms with Crippen LogP contribution in [-0.2, 0) is 4.74 Å². The topological polar surface area (TPSA) is 60.5 Å². The fourth-order valence-electron chi connectivity index (χ4n) is 2.33. The van der Waals surface area contributed by atoms with Gasteiger partial charge in [0, 0.05) is 24.9 Å². The van der Waals surface area contributed by atoms with Gasteiger partial charge in [0.25, 0.3) is 5.91 Å². The number of hydrogen-bond donors (Lipinski definition) is 1. The summed E-state index contributed by atoms with van der Waals surface area (Å²) in [7, 11) is 3.17. The minimum atomic E-state index is -0.691. The van der Waals surface area contributed by atoms with Crippen molar-refractivity contribution in [3.63, 3.8) is 0 Å². The molecule has 122 valence electrons. The summed E-state index contributed by atoms with van der Waals surface area (Å²) in [5.74, 6) is -0.328. The molecule has 2 atom stereocenters. The SMILES string of the molecule is COc1ccc([C@H](OC)[C@H](C)NC(=O)c2ccnc(F)c2)cc1. The summed E-state index contributed by atoms with van der Waals surface area (Å²) in [5.41, 5.74) is 1.12. The lowest BCUT2D eigenvalue weighted by molar-refractivity contribution is 0.0644. The molecule has 6 heteroatoms. The van der Waals surface area contributed by atoms with Crippen LogP contribution in [0.4, 0.5) is 4.39 Å². The van der Waals surface area contributed by atoms with E-state index in [0.29, 0.717) is 0 Å². The number of carbonyl (C=O) groups excluding carboxylic acids is 1. The number of amides is 1. The van der Waals surface area contributed by atoms with E-state index in [1.165, 1.54) is 12.3 Å². The van der Waals surface area contributed by atoms with E-state index in [1.807, 2.05) is 31.2 Å². The Hall–Kier alpha value is -2.47. The largest absolute Gasteiger partial charge is 0.497 e. The quantitative estimate of drug-likeness (QED) is 0.832. The normalized spacial score (nSPS) is 13.2. The number of ether oxygens (including phenoxy) is 2. The van der Waals surface area contributed by atoms with Crippen LogP contribution in [0.3, 0.4) is 0 Å². The van der Waals surface area contributed by atoms with Crippen molar-refractivity contribution in [2.75, 3.05) is 14.2 Å². The molecule has 0 aliphatic rings. The van der Waals surface area contributed by atoms with Gasteiger partial charge >= 0.3 is 0 Å². The van der Waals surface area contributed by atoms with Crippen LogP contribution in [0.15, 0.2) is 42.6 Å². The van der Waals surface area contributed by atoms with E-state index in [4.69, 9.17) is 9.47 Å². The van der Waals surface area contributed by atoms with Crippen molar-refractivity contribution in [1.29, 1.82) is 0 Å². The average Bonchev–Trinajstić information content (AvgIpc) is 2.56. The van der Waals surface area contributed by atoms with E-state index in [9.17, 15) is 9.18 Å². The summed E-state index contributed by atoms with van der Waals surface area (Å²) in [5, 5.41) is 2.81. The Bertz CT molecular complexity index is 661. The lowest BCUT2D eigenvalue weighted by Crippen LogP contribution is -2.37. The second-order valence-electron chi connectivity index (χ2n) is 5.06. The van der Waals surface area contributed by atoms with Gasteiger partial charge < -0.3 is 14.8 Å². The zero-order valence-electron chi connectivity index (χ0n) is 13.2. The minimum absolute atomic E-state index is 0.217. The van der Waals surface area contributed by atoms with Gasteiger partial charge in [0.1, 0.15) is 11.9 Å². The molecule has 0 bridgehead atoms. The van der Waals surface area contributed by atoms with E-state index >= 15 is 0 Å². The predicted octanol–water partition coefficient (Wildman–Crippen LogP) is 2.74. The lowest BCUT2D eigenvalue weighted by Gasteiger charge is -2.24.